The van der Waals surface area contributed by atoms with Gasteiger partial charge in [0.25, 0.3) is 0 Å². The molecule has 7 nitrogen and oxygen atoms in total. The van der Waals surface area contributed by atoms with Crippen molar-refractivity contribution in [3.8, 4) is 0 Å². The van der Waals surface area contributed by atoms with Crippen LogP contribution in [0, 0.1) is 0 Å². The summed E-state index contributed by atoms with van der Waals surface area (Å²) in [7, 11) is 0.782. The maximum atomic E-state index is 12.2. The Morgan fingerprint density at radius 3 is 2.67 bits per heavy atom. The van der Waals surface area contributed by atoms with Gasteiger partial charge in [-0.05, 0) is 46.3 Å². The van der Waals surface area contributed by atoms with Crippen molar-refractivity contribution in [3.05, 3.63) is 0 Å². The van der Waals surface area contributed by atoms with E-state index in [9.17, 15) is 13.2 Å². The van der Waals surface area contributed by atoms with Crippen LogP contribution < -0.4 is 10.0 Å². The zero-order chi connectivity index (χ0) is 15.9. The second-order valence-corrected chi connectivity index (χ2v) is 7.69. The average Bonchev–Trinajstić information content (AvgIpc) is 2.40. The van der Waals surface area contributed by atoms with Crippen LogP contribution in [0.2, 0.25) is 0 Å². The summed E-state index contributed by atoms with van der Waals surface area (Å²) < 4.78 is 24.9. The Morgan fingerprint density at radius 2 is 2.05 bits per heavy atom. The predicted molar refractivity (Wildman–Crippen MR) is 83.8 cm³/mol. The lowest BCUT2D eigenvalue weighted by Gasteiger charge is -2.35. The zero-order valence-electron chi connectivity index (χ0n) is 13.3. The van der Waals surface area contributed by atoms with Crippen molar-refractivity contribution in [2.75, 3.05) is 46.5 Å². The fourth-order valence-corrected chi connectivity index (χ4v) is 2.91. The molecule has 0 spiro atoms. The number of likely N-dealkylation sites (tertiary alicyclic amines) is 1. The van der Waals surface area contributed by atoms with Gasteiger partial charge in [-0.3, -0.25) is 0 Å². The number of nitrogens with zero attached hydrogens (tertiary/aromatic N) is 2. The van der Waals surface area contributed by atoms with Crippen LogP contribution in [0.15, 0.2) is 0 Å². The maximum absolute atomic E-state index is 12.2. The molecule has 0 bridgehead atoms. The number of piperidine rings is 1. The predicted octanol–water partition coefficient (Wildman–Crippen LogP) is 0.0514. The molecule has 2 amide bonds. The summed E-state index contributed by atoms with van der Waals surface area (Å²) in [5.74, 6) is 0. The monoisotopic (exact) mass is 320 g/mol. The van der Waals surface area contributed by atoms with E-state index in [1.54, 1.807) is 4.90 Å². The Labute approximate surface area is 128 Å². The van der Waals surface area contributed by atoms with E-state index >= 15 is 0 Å². The van der Waals surface area contributed by atoms with Gasteiger partial charge in [0, 0.05) is 25.7 Å². The molecule has 0 saturated carbocycles. The van der Waals surface area contributed by atoms with Crippen LogP contribution in [0.3, 0.4) is 0 Å². The molecular formula is C13H28N4O3S. The zero-order valence-corrected chi connectivity index (χ0v) is 14.1. The third-order valence-corrected chi connectivity index (χ3v) is 4.22. The van der Waals surface area contributed by atoms with Crippen molar-refractivity contribution in [2.45, 2.75) is 31.7 Å². The summed E-state index contributed by atoms with van der Waals surface area (Å²) in [4.78, 5) is 16.0. The van der Waals surface area contributed by atoms with Crippen molar-refractivity contribution < 1.29 is 13.2 Å². The van der Waals surface area contributed by atoms with Gasteiger partial charge in [0.2, 0.25) is 10.0 Å². The van der Waals surface area contributed by atoms with Crippen molar-refractivity contribution >= 4 is 16.1 Å². The van der Waals surface area contributed by atoms with E-state index in [-0.39, 0.29) is 12.1 Å². The van der Waals surface area contributed by atoms with Crippen LogP contribution in [0.25, 0.3) is 0 Å². The van der Waals surface area contributed by atoms with E-state index < -0.39 is 10.0 Å². The maximum Gasteiger partial charge on any atom is 0.317 e. The van der Waals surface area contributed by atoms with Crippen LogP contribution in [-0.4, -0.2) is 76.8 Å². The first-order valence-corrected chi connectivity index (χ1v) is 9.32. The van der Waals surface area contributed by atoms with Gasteiger partial charge >= 0.3 is 6.03 Å². The Bertz CT molecular complexity index is 425. The summed E-state index contributed by atoms with van der Waals surface area (Å²) in [6.45, 7) is 2.55. The van der Waals surface area contributed by atoms with Gasteiger partial charge in [0.05, 0.1) is 6.26 Å². The lowest BCUT2D eigenvalue weighted by molar-refractivity contribution is 0.152. The van der Waals surface area contributed by atoms with Crippen LogP contribution in [0.1, 0.15) is 25.7 Å². The molecule has 8 heteroatoms. The Morgan fingerprint density at radius 1 is 1.33 bits per heavy atom. The van der Waals surface area contributed by atoms with Gasteiger partial charge < -0.3 is 15.1 Å². The summed E-state index contributed by atoms with van der Waals surface area (Å²) in [6, 6.07) is -0.143. The summed E-state index contributed by atoms with van der Waals surface area (Å²) in [5.41, 5.74) is 0. The molecule has 124 valence electrons. The highest BCUT2D eigenvalue weighted by molar-refractivity contribution is 7.88. The molecule has 1 fully saturated rings. The first-order valence-electron chi connectivity index (χ1n) is 7.43. The molecular weight excluding hydrogens is 292 g/mol. The number of hydrogen-bond acceptors (Lipinski definition) is 4. The smallest absolute Gasteiger partial charge is 0.317 e. The van der Waals surface area contributed by atoms with Gasteiger partial charge in [-0.25, -0.2) is 17.9 Å². The van der Waals surface area contributed by atoms with E-state index in [2.05, 4.69) is 14.9 Å². The third kappa shape index (κ3) is 7.63. The Balaban J connectivity index is 2.42. The quantitative estimate of drug-likeness (QED) is 0.650. The van der Waals surface area contributed by atoms with E-state index in [4.69, 9.17) is 0 Å². The fraction of sp³-hybridized carbons (Fsp3) is 0.923. The summed E-state index contributed by atoms with van der Waals surface area (Å²) in [5, 5.41) is 2.92. The van der Waals surface area contributed by atoms with E-state index in [1.165, 1.54) is 0 Å². The molecule has 0 aromatic rings. The molecule has 1 aliphatic rings. The fourth-order valence-electron chi connectivity index (χ4n) is 2.42. The SMILES string of the molecule is CN(C)CCCNC(=O)N1CCCC[C@H]1CNS(C)(=O)=O. The van der Waals surface area contributed by atoms with E-state index in [0.29, 0.717) is 19.6 Å². The Kier molecular flexibility index (Phi) is 7.41. The number of sulfonamides is 1. The number of hydrogen-bond donors (Lipinski definition) is 2. The van der Waals surface area contributed by atoms with Crippen molar-refractivity contribution in [2.24, 2.45) is 0 Å². The number of carbonyl (C=O) groups excluding carboxylic acids is 1. The topological polar surface area (TPSA) is 81.8 Å². The van der Waals surface area contributed by atoms with Crippen molar-refractivity contribution in [1.82, 2.24) is 19.8 Å². The number of amides is 2. The molecule has 1 atom stereocenters. The first kappa shape index (κ1) is 18.2. The summed E-state index contributed by atoms with van der Waals surface area (Å²) >= 11 is 0. The molecule has 0 aromatic carbocycles. The van der Waals surface area contributed by atoms with Crippen LogP contribution >= 0.6 is 0 Å². The molecule has 21 heavy (non-hydrogen) atoms. The molecule has 0 aliphatic carbocycles. The second-order valence-electron chi connectivity index (χ2n) is 5.85. The van der Waals surface area contributed by atoms with Crippen molar-refractivity contribution in [1.29, 1.82) is 0 Å². The minimum atomic E-state index is -3.22. The number of carbonyl (C=O) groups is 1. The minimum absolute atomic E-state index is 0.0534. The number of rotatable bonds is 7. The highest BCUT2D eigenvalue weighted by Crippen LogP contribution is 2.16. The molecule has 1 saturated heterocycles. The van der Waals surface area contributed by atoms with Gasteiger partial charge in [-0.15, -0.1) is 0 Å². The standard InChI is InChI=1S/C13H28N4O3S/c1-16(2)9-6-8-14-13(18)17-10-5-4-7-12(17)11-15-21(3,19)20/h12,15H,4-11H2,1-3H3,(H,14,18)/t12-/m0/s1. The van der Waals surface area contributed by atoms with Gasteiger partial charge in [-0.2, -0.15) is 0 Å². The van der Waals surface area contributed by atoms with E-state index in [1.807, 2.05) is 14.1 Å². The van der Waals surface area contributed by atoms with Crippen LogP contribution in [0.5, 0.6) is 0 Å². The van der Waals surface area contributed by atoms with Crippen molar-refractivity contribution in [3.63, 3.8) is 0 Å². The van der Waals surface area contributed by atoms with Crippen LogP contribution in [-0.2, 0) is 10.0 Å². The normalized spacial score (nSPS) is 19.8. The molecule has 2 N–H and O–H groups in total. The third-order valence-electron chi connectivity index (χ3n) is 3.53. The summed E-state index contributed by atoms with van der Waals surface area (Å²) in [6.07, 6.45) is 4.88. The lowest BCUT2D eigenvalue weighted by Crippen LogP contribution is -2.52. The molecule has 0 radical (unpaired) electrons. The van der Waals surface area contributed by atoms with Gasteiger partial charge in [0.15, 0.2) is 0 Å². The van der Waals surface area contributed by atoms with Gasteiger partial charge in [0.1, 0.15) is 0 Å². The van der Waals surface area contributed by atoms with Gasteiger partial charge in [-0.1, -0.05) is 0 Å². The highest BCUT2D eigenvalue weighted by Gasteiger charge is 2.26. The molecule has 1 rings (SSSR count). The highest BCUT2D eigenvalue weighted by atomic mass is 32.2. The minimum Gasteiger partial charge on any atom is -0.338 e. The molecule has 0 aromatic heterocycles. The van der Waals surface area contributed by atoms with Crippen LogP contribution in [0.4, 0.5) is 4.79 Å². The Hall–Kier alpha value is -0.860. The number of urea groups is 1. The molecule has 0 unspecified atom stereocenters. The second kappa shape index (κ2) is 8.55. The number of nitrogens with one attached hydrogen (secondary N) is 2. The largest absolute Gasteiger partial charge is 0.338 e. The lowest BCUT2D eigenvalue weighted by atomic mass is 10.0. The average molecular weight is 320 g/mol. The van der Waals surface area contributed by atoms with E-state index in [0.717, 1.165) is 38.5 Å². The molecule has 1 aliphatic heterocycles. The molecule has 1 heterocycles. The first-order chi connectivity index (χ1) is 9.79.